The summed E-state index contributed by atoms with van der Waals surface area (Å²) >= 11 is 0. The summed E-state index contributed by atoms with van der Waals surface area (Å²) in [7, 11) is 0. The first-order chi connectivity index (χ1) is 16.1. The van der Waals surface area contributed by atoms with Crippen molar-refractivity contribution >= 4 is 39.4 Å². The first kappa shape index (κ1) is 20.4. The number of carboxylic acids is 1. The van der Waals surface area contributed by atoms with Gasteiger partial charge in [-0.2, -0.15) is 0 Å². The molecule has 1 unspecified atom stereocenters. The third-order valence-electron chi connectivity index (χ3n) is 5.58. The normalized spacial score (nSPS) is 12.0. The molecule has 0 aliphatic carbocycles. The molecule has 7 heteroatoms. The first-order valence-corrected chi connectivity index (χ1v) is 10.5. The van der Waals surface area contributed by atoms with Crippen LogP contribution in [0.25, 0.3) is 21.8 Å². The van der Waals surface area contributed by atoms with E-state index in [-0.39, 0.29) is 12.3 Å². The van der Waals surface area contributed by atoms with E-state index in [0.29, 0.717) is 16.9 Å². The number of nitrogens with one attached hydrogen (secondary N) is 1. The van der Waals surface area contributed by atoms with Gasteiger partial charge in [0, 0.05) is 17.3 Å². The lowest BCUT2D eigenvalue weighted by molar-refractivity contribution is -0.137. The van der Waals surface area contributed by atoms with E-state index in [1.807, 2.05) is 59.2 Å². The minimum atomic E-state index is -0.905. The molecular formula is C26H20N4O3. The number of fused-ring (bicyclic) bond motifs is 2. The number of aliphatic carboxylic acids is 1. The fourth-order valence-electron chi connectivity index (χ4n) is 3.97. The van der Waals surface area contributed by atoms with Crippen LogP contribution in [0.2, 0.25) is 0 Å². The molecule has 1 atom stereocenters. The van der Waals surface area contributed by atoms with Crippen LogP contribution in [0.1, 0.15) is 28.5 Å². The van der Waals surface area contributed by atoms with Crippen molar-refractivity contribution in [3.8, 4) is 0 Å². The van der Waals surface area contributed by atoms with Crippen molar-refractivity contribution in [3.63, 3.8) is 0 Å². The molecule has 1 amide bonds. The first-order valence-electron chi connectivity index (χ1n) is 10.5. The number of imidazole rings is 1. The molecule has 5 rings (SSSR count). The lowest BCUT2D eigenvalue weighted by Crippen LogP contribution is -2.15. The number of amides is 1. The molecule has 0 saturated carbocycles. The number of carbonyl (C=O) groups is 2. The lowest BCUT2D eigenvalue weighted by Gasteiger charge is -2.18. The summed E-state index contributed by atoms with van der Waals surface area (Å²) in [5, 5.41) is 14.3. The quantitative estimate of drug-likeness (QED) is 0.395. The third-order valence-corrected chi connectivity index (χ3v) is 5.58. The predicted molar refractivity (Wildman–Crippen MR) is 126 cm³/mol. The van der Waals surface area contributed by atoms with Crippen LogP contribution < -0.4 is 5.32 Å². The molecule has 0 saturated heterocycles. The summed E-state index contributed by atoms with van der Waals surface area (Å²) in [6.07, 6.45) is 3.23. The van der Waals surface area contributed by atoms with Gasteiger partial charge in [-0.15, -0.1) is 0 Å². The molecule has 3 aromatic carbocycles. The van der Waals surface area contributed by atoms with Gasteiger partial charge in [0.2, 0.25) is 0 Å². The summed E-state index contributed by atoms with van der Waals surface area (Å²) in [5.41, 5.74) is 3.20. The zero-order chi connectivity index (χ0) is 22.8. The van der Waals surface area contributed by atoms with Crippen molar-refractivity contribution in [3.05, 3.63) is 103 Å². The number of carbonyl (C=O) groups excluding carboxylic acids is 1. The number of aromatic nitrogens is 3. The van der Waals surface area contributed by atoms with Gasteiger partial charge in [-0.25, -0.2) is 4.98 Å². The van der Waals surface area contributed by atoms with Crippen LogP contribution in [-0.4, -0.2) is 31.5 Å². The Balaban J connectivity index is 1.48. The van der Waals surface area contributed by atoms with Gasteiger partial charge in [-0.1, -0.05) is 54.6 Å². The van der Waals surface area contributed by atoms with Gasteiger partial charge >= 0.3 is 5.97 Å². The standard InChI is InChI=1S/C26H20N4O3/c31-25(32)14-23(17-6-2-1-3-7-17)30-16-28-21-11-10-20(13-24(21)30)29-26(33)22-12-18-8-4-5-9-19(18)15-27-22/h1-13,15-16,23H,14H2,(H,29,33)(H,31,32). The van der Waals surface area contributed by atoms with E-state index in [0.717, 1.165) is 21.9 Å². The highest BCUT2D eigenvalue weighted by molar-refractivity contribution is 6.05. The fourth-order valence-corrected chi connectivity index (χ4v) is 3.97. The minimum Gasteiger partial charge on any atom is -0.481 e. The van der Waals surface area contributed by atoms with E-state index in [9.17, 15) is 14.7 Å². The van der Waals surface area contributed by atoms with E-state index in [1.165, 1.54) is 0 Å². The molecule has 0 spiro atoms. The van der Waals surface area contributed by atoms with Crippen LogP contribution in [0.3, 0.4) is 0 Å². The highest BCUT2D eigenvalue weighted by atomic mass is 16.4. The van der Waals surface area contributed by atoms with E-state index in [4.69, 9.17) is 0 Å². The zero-order valence-corrected chi connectivity index (χ0v) is 17.6. The van der Waals surface area contributed by atoms with Gasteiger partial charge in [-0.3, -0.25) is 14.6 Å². The van der Waals surface area contributed by atoms with Crippen molar-refractivity contribution in [2.45, 2.75) is 12.5 Å². The molecule has 162 valence electrons. The van der Waals surface area contributed by atoms with Gasteiger partial charge in [0.25, 0.3) is 5.91 Å². The molecule has 2 heterocycles. The van der Waals surface area contributed by atoms with Crippen LogP contribution in [-0.2, 0) is 4.79 Å². The maximum absolute atomic E-state index is 12.8. The Morgan fingerprint density at radius 3 is 2.45 bits per heavy atom. The molecule has 33 heavy (non-hydrogen) atoms. The summed E-state index contributed by atoms with van der Waals surface area (Å²) < 4.78 is 1.84. The molecule has 2 aromatic heterocycles. The largest absolute Gasteiger partial charge is 0.481 e. The monoisotopic (exact) mass is 436 g/mol. The highest BCUT2D eigenvalue weighted by Crippen LogP contribution is 2.28. The highest BCUT2D eigenvalue weighted by Gasteiger charge is 2.20. The van der Waals surface area contributed by atoms with Gasteiger partial charge < -0.3 is 15.0 Å². The Morgan fingerprint density at radius 2 is 1.67 bits per heavy atom. The van der Waals surface area contributed by atoms with Crippen molar-refractivity contribution in [2.75, 3.05) is 5.32 Å². The second-order valence-electron chi connectivity index (χ2n) is 7.75. The maximum atomic E-state index is 12.8. The molecule has 0 aliphatic rings. The van der Waals surface area contributed by atoms with Gasteiger partial charge in [0.15, 0.2) is 0 Å². The van der Waals surface area contributed by atoms with E-state index in [1.54, 1.807) is 36.8 Å². The van der Waals surface area contributed by atoms with Crippen LogP contribution in [0, 0.1) is 0 Å². The van der Waals surface area contributed by atoms with Gasteiger partial charge in [-0.05, 0) is 35.2 Å². The molecule has 2 N–H and O–H groups in total. The van der Waals surface area contributed by atoms with Crippen molar-refractivity contribution in [2.24, 2.45) is 0 Å². The van der Waals surface area contributed by atoms with E-state index < -0.39 is 12.0 Å². The van der Waals surface area contributed by atoms with Gasteiger partial charge in [0.05, 0.1) is 29.8 Å². The summed E-state index contributed by atoms with van der Waals surface area (Å²) in [5.74, 6) is -1.23. The predicted octanol–water partition coefficient (Wildman–Crippen LogP) is 4.90. The van der Waals surface area contributed by atoms with Crippen LogP contribution in [0.5, 0.6) is 0 Å². The summed E-state index contributed by atoms with van der Waals surface area (Å²) in [6, 6.07) is 23.9. The zero-order valence-electron chi connectivity index (χ0n) is 17.6. The number of rotatable bonds is 6. The average Bonchev–Trinajstić information content (AvgIpc) is 3.25. The molecule has 0 bridgehead atoms. The number of nitrogens with zero attached hydrogens (tertiary/aromatic N) is 3. The third kappa shape index (κ3) is 4.16. The summed E-state index contributed by atoms with van der Waals surface area (Å²) in [4.78, 5) is 33.1. The van der Waals surface area contributed by atoms with Crippen LogP contribution >= 0.6 is 0 Å². The van der Waals surface area contributed by atoms with E-state index >= 15 is 0 Å². The van der Waals surface area contributed by atoms with Crippen LogP contribution in [0.4, 0.5) is 5.69 Å². The Morgan fingerprint density at radius 1 is 0.909 bits per heavy atom. The smallest absolute Gasteiger partial charge is 0.305 e. The number of carboxylic acid groups (broad SMARTS) is 1. The molecule has 5 aromatic rings. The molecule has 0 aliphatic heterocycles. The number of pyridine rings is 1. The second kappa shape index (κ2) is 8.55. The Bertz CT molecular complexity index is 1480. The maximum Gasteiger partial charge on any atom is 0.305 e. The minimum absolute atomic E-state index is 0.0902. The topological polar surface area (TPSA) is 97.1 Å². The molecule has 7 nitrogen and oxygen atoms in total. The van der Waals surface area contributed by atoms with Crippen molar-refractivity contribution in [1.82, 2.24) is 14.5 Å². The Hall–Kier alpha value is -4.52. The fraction of sp³-hybridized carbons (Fsp3) is 0.0769. The summed E-state index contributed by atoms with van der Waals surface area (Å²) in [6.45, 7) is 0. The Labute approximate surface area is 189 Å². The molecule has 0 fully saturated rings. The second-order valence-corrected chi connectivity index (χ2v) is 7.75. The molecular weight excluding hydrogens is 416 g/mol. The van der Waals surface area contributed by atoms with Crippen molar-refractivity contribution in [1.29, 1.82) is 0 Å². The van der Waals surface area contributed by atoms with Gasteiger partial charge in [0.1, 0.15) is 5.69 Å². The number of anilines is 1. The lowest BCUT2D eigenvalue weighted by atomic mass is 10.0. The number of benzene rings is 3. The SMILES string of the molecule is O=C(O)CC(c1ccccc1)n1cnc2ccc(NC(=O)c3cc4ccccc4cn3)cc21. The number of hydrogen-bond donors (Lipinski definition) is 2. The molecule has 0 radical (unpaired) electrons. The number of hydrogen-bond acceptors (Lipinski definition) is 4. The Kier molecular flexibility index (Phi) is 5.28. The van der Waals surface area contributed by atoms with Crippen LogP contribution in [0.15, 0.2) is 91.4 Å². The van der Waals surface area contributed by atoms with Crippen molar-refractivity contribution < 1.29 is 14.7 Å². The van der Waals surface area contributed by atoms with E-state index in [2.05, 4.69) is 15.3 Å². The average molecular weight is 436 g/mol.